The molecule has 0 bridgehead atoms. The standard InChI is InChI=1S/C17H17NO3S2/c1-2-7-12-10-6-11-14-15(12)16(19)18(23(14,20)21)17(22)13-8-4-3-5-9-13/h3-6,8-11,17,22H,2,7H2,1H3. The molecule has 23 heavy (non-hydrogen) atoms. The van der Waals surface area contributed by atoms with Gasteiger partial charge in [0.2, 0.25) is 0 Å². The Morgan fingerprint density at radius 3 is 2.43 bits per heavy atom. The summed E-state index contributed by atoms with van der Waals surface area (Å²) in [6.07, 6.45) is 1.51. The highest BCUT2D eigenvalue weighted by atomic mass is 32.2. The normalized spacial score (nSPS) is 17.1. The van der Waals surface area contributed by atoms with Crippen LogP contribution in [0.4, 0.5) is 0 Å². The molecule has 0 saturated heterocycles. The number of amides is 1. The van der Waals surface area contributed by atoms with E-state index in [1.807, 2.05) is 19.1 Å². The zero-order chi connectivity index (χ0) is 16.6. The van der Waals surface area contributed by atoms with Crippen LogP contribution < -0.4 is 0 Å². The fourth-order valence-electron chi connectivity index (χ4n) is 2.84. The summed E-state index contributed by atoms with van der Waals surface area (Å²) in [7, 11) is -3.88. The van der Waals surface area contributed by atoms with Gasteiger partial charge in [0.05, 0.1) is 5.56 Å². The summed E-state index contributed by atoms with van der Waals surface area (Å²) in [5.74, 6) is -0.493. The molecule has 2 aromatic rings. The molecule has 0 radical (unpaired) electrons. The first kappa shape index (κ1) is 16.1. The molecule has 0 aromatic heterocycles. The lowest BCUT2D eigenvalue weighted by Gasteiger charge is -2.22. The van der Waals surface area contributed by atoms with Gasteiger partial charge in [0.1, 0.15) is 10.3 Å². The summed E-state index contributed by atoms with van der Waals surface area (Å²) in [5.41, 5.74) is 1.73. The lowest BCUT2D eigenvalue weighted by Crippen LogP contribution is -2.31. The Morgan fingerprint density at radius 1 is 1.09 bits per heavy atom. The van der Waals surface area contributed by atoms with Crippen molar-refractivity contribution in [1.82, 2.24) is 4.31 Å². The molecular weight excluding hydrogens is 330 g/mol. The highest BCUT2D eigenvalue weighted by Crippen LogP contribution is 2.40. The van der Waals surface area contributed by atoms with E-state index in [1.165, 1.54) is 6.07 Å². The number of nitrogens with zero attached hydrogens (tertiary/aromatic N) is 1. The van der Waals surface area contributed by atoms with Gasteiger partial charge in [-0.05, 0) is 23.6 Å². The van der Waals surface area contributed by atoms with E-state index in [-0.39, 0.29) is 4.90 Å². The van der Waals surface area contributed by atoms with Crippen LogP contribution in [0.2, 0.25) is 0 Å². The van der Waals surface area contributed by atoms with Gasteiger partial charge in [-0.2, -0.15) is 0 Å². The summed E-state index contributed by atoms with van der Waals surface area (Å²) in [6.45, 7) is 2.00. The predicted molar refractivity (Wildman–Crippen MR) is 92.0 cm³/mol. The fourth-order valence-corrected chi connectivity index (χ4v) is 5.12. The molecule has 0 fully saturated rings. The Labute approximate surface area is 141 Å². The fraction of sp³-hybridized carbons (Fsp3) is 0.235. The predicted octanol–water partition coefficient (Wildman–Crippen LogP) is 3.41. The van der Waals surface area contributed by atoms with Gasteiger partial charge in [-0.3, -0.25) is 4.79 Å². The van der Waals surface area contributed by atoms with Gasteiger partial charge in [0, 0.05) is 0 Å². The van der Waals surface area contributed by atoms with Crippen LogP contribution >= 0.6 is 12.6 Å². The van der Waals surface area contributed by atoms with Crippen molar-refractivity contribution in [1.29, 1.82) is 0 Å². The van der Waals surface area contributed by atoms with Crippen LogP contribution in [0.5, 0.6) is 0 Å². The highest BCUT2D eigenvalue weighted by Gasteiger charge is 2.45. The van der Waals surface area contributed by atoms with Crippen LogP contribution in [0.3, 0.4) is 0 Å². The highest BCUT2D eigenvalue weighted by molar-refractivity contribution is 7.91. The number of sulfonamides is 1. The average Bonchev–Trinajstić information content (AvgIpc) is 2.75. The van der Waals surface area contributed by atoms with Crippen LogP contribution in [0, 0.1) is 0 Å². The van der Waals surface area contributed by atoms with Crippen LogP contribution in [-0.4, -0.2) is 18.6 Å². The third-order valence-corrected chi connectivity index (χ3v) is 6.38. The zero-order valence-corrected chi connectivity index (χ0v) is 14.3. The summed E-state index contributed by atoms with van der Waals surface area (Å²) >= 11 is 4.40. The van der Waals surface area contributed by atoms with Crippen molar-refractivity contribution in [2.45, 2.75) is 30.0 Å². The summed E-state index contributed by atoms with van der Waals surface area (Å²) in [4.78, 5) is 12.9. The molecule has 120 valence electrons. The van der Waals surface area contributed by atoms with Gasteiger partial charge in [-0.1, -0.05) is 55.8 Å². The number of hydrogen-bond donors (Lipinski definition) is 1. The second-order valence-corrected chi connectivity index (χ2v) is 7.70. The second-order valence-electron chi connectivity index (χ2n) is 5.43. The van der Waals surface area contributed by atoms with Crippen molar-refractivity contribution in [2.24, 2.45) is 0 Å². The maximum absolute atomic E-state index is 12.8. The molecule has 0 saturated carbocycles. The molecule has 0 N–H and O–H groups in total. The third-order valence-electron chi connectivity index (χ3n) is 3.90. The number of hydrogen-bond acceptors (Lipinski definition) is 4. The number of carbonyl (C=O) groups is 1. The number of thiol groups is 1. The Kier molecular flexibility index (Phi) is 4.21. The Morgan fingerprint density at radius 2 is 1.78 bits per heavy atom. The minimum Gasteiger partial charge on any atom is -0.268 e. The lowest BCUT2D eigenvalue weighted by molar-refractivity contribution is 0.0861. The minimum absolute atomic E-state index is 0.0865. The van der Waals surface area contributed by atoms with Gasteiger partial charge < -0.3 is 0 Å². The molecule has 1 amide bonds. The van der Waals surface area contributed by atoms with Gasteiger partial charge in [-0.25, -0.2) is 12.7 Å². The Bertz CT molecular complexity index is 847. The maximum atomic E-state index is 12.8. The van der Waals surface area contributed by atoms with E-state index in [1.54, 1.807) is 30.3 Å². The van der Waals surface area contributed by atoms with Gasteiger partial charge in [0.15, 0.2) is 0 Å². The summed E-state index contributed by atoms with van der Waals surface area (Å²) in [6, 6.07) is 13.9. The molecule has 1 aliphatic heterocycles. The van der Waals surface area contributed by atoms with E-state index in [2.05, 4.69) is 12.6 Å². The van der Waals surface area contributed by atoms with Gasteiger partial charge >= 0.3 is 0 Å². The SMILES string of the molecule is CCCc1cccc2c1C(=O)N(C(S)c1ccccc1)S2(=O)=O. The van der Waals surface area contributed by atoms with E-state index < -0.39 is 21.3 Å². The number of aryl methyl sites for hydroxylation is 1. The van der Waals surface area contributed by atoms with Crippen molar-refractivity contribution in [3.8, 4) is 0 Å². The molecule has 6 heteroatoms. The van der Waals surface area contributed by atoms with Crippen molar-refractivity contribution >= 4 is 28.6 Å². The van der Waals surface area contributed by atoms with E-state index in [9.17, 15) is 13.2 Å². The zero-order valence-electron chi connectivity index (χ0n) is 12.6. The lowest BCUT2D eigenvalue weighted by atomic mass is 10.0. The second kappa shape index (κ2) is 6.02. The Hall–Kier alpha value is -1.79. The molecule has 3 rings (SSSR count). The first-order valence-electron chi connectivity index (χ1n) is 7.42. The van der Waals surface area contributed by atoms with Crippen LogP contribution in [-0.2, 0) is 16.4 Å². The van der Waals surface area contributed by atoms with Gasteiger partial charge in [-0.15, -0.1) is 12.6 Å². The molecule has 0 spiro atoms. The van der Waals surface area contributed by atoms with Crippen molar-refractivity contribution < 1.29 is 13.2 Å². The molecular formula is C17H17NO3S2. The smallest absolute Gasteiger partial charge is 0.268 e. The number of rotatable bonds is 4. The van der Waals surface area contributed by atoms with Crippen molar-refractivity contribution in [3.63, 3.8) is 0 Å². The minimum atomic E-state index is -3.88. The maximum Gasteiger partial charge on any atom is 0.270 e. The molecule has 0 aliphatic carbocycles. The molecule has 1 aliphatic rings. The van der Waals surface area contributed by atoms with Crippen LogP contribution in [0.25, 0.3) is 0 Å². The van der Waals surface area contributed by atoms with E-state index in [0.29, 0.717) is 17.5 Å². The first-order chi connectivity index (χ1) is 11.0. The Balaban J connectivity index is 2.12. The average molecular weight is 347 g/mol. The molecule has 4 nitrogen and oxygen atoms in total. The quantitative estimate of drug-likeness (QED) is 0.862. The van der Waals surface area contributed by atoms with E-state index in [4.69, 9.17) is 0 Å². The third kappa shape index (κ3) is 2.56. The van der Waals surface area contributed by atoms with Crippen LogP contribution in [0.1, 0.15) is 40.2 Å². The van der Waals surface area contributed by atoms with Gasteiger partial charge in [0.25, 0.3) is 15.9 Å². The van der Waals surface area contributed by atoms with E-state index >= 15 is 0 Å². The largest absolute Gasteiger partial charge is 0.270 e. The molecule has 2 aromatic carbocycles. The van der Waals surface area contributed by atoms with Crippen LogP contribution in [0.15, 0.2) is 53.4 Å². The summed E-state index contributed by atoms with van der Waals surface area (Å²) in [5, 5.41) is -0.837. The van der Waals surface area contributed by atoms with Crippen molar-refractivity contribution in [3.05, 3.63) is 65.2 Å². The molecule has 1 heterocycles. The molecule has 1 unspecified atom stereocenters. The summed E-state index contributed by atoms with van der Waals surface area (Å²) < 4.78 is 26.5. The topological polar surface area (TPSA) is 54.5 Å². The molecule has 1 atom stereocenters. The number of fused-ring (bicyclic) bond motifs is 1. The van der Waals surface area contributed by atoms with Crippen molar-refractivity contribution in [2.75, 3.05) is 0 Å². The first-order valence-corrected chi connectivity index (χ1v) is 9.37. The number of carbonyl (C=O) groups excluding carboxylic acids is 1. The number of benzene rings is 2. The monoisotopic (exact) mass is 347 g/mol. The van der Waals surface area contributed by atoms with E-state index in [0.717, 1.165) is 16.3 Å².